The summed E-state index contributed by atoms with van der Waals surface area (Å²) in [6.45, 7) is 7.12. The molecule has 4 aliphatic rings. The molecule has 1 aliphatic carbocycles. The van der Waals surface area contributed by atoms with E-state index in [4.69, 9.17) is 4.74 Å². The number of aromatic nitrogens is 1. The Morgan fingerprint density at radius 2 is 2.14 bits per heavy atom. The highest BCUT2D eigenvalue weighted by Gasteiger charge is 2.51. The van der Waals surface area contributed by atoms with E-state index in [1.54, 1.807) is 34.3 Å². The zero-order valence-corrected chi connectivity index (χ0v) is 20.7. The molecule has 192 valence electrons. The lowest BCUT2D eigenvalue weighted by atomic mass is 9.95. The van der Waals surface area contributed by atoms with Crippen LogP contribution in [0.5, 0.6) is 5.75 Å². The smallest absolute Gasteiger partial charge is 0.280 e. The molecule has 3 N–H and O–H groups in total. The third kappa shape index (κ3) is 4.39. The van der Waals surface area contributed by atoms with E-state index in [-0.39, 0.29) is 41.3 Å². The van der Waals surface area contributed by atoms with Gasteiger partial charge < -0.3 is 25.0 Å². The molecule has 0 aromatic carbocycles. The van der Waals surface area contributed by atoms with Crippen LogP contribution in [0.1, 0.15) is 33.6 Å². The van der Waals surface area contributed by atoms with Crippen LogP contribution in [-0.2, 0) is 14.4 Å². The van der Waals surface area contributed by atoms with E-state index in [9.17, 15) is 19.5 Å². The van der Waals surface area contributed by atoms with E-state index in [1.807, 2.05) is 20.8 Å². The van der Waals surface area contributed by atoms with Crippen LogP contribution in [0, 0.1) is 11.8 Å². The van der Waals surface area contributed by atoms with Crippen molar-refractivity contribution in [2.75, 3.05) is 24.6 Å². The van der Waals surface area contributed by atoms with E-state index in [2.05, 4.69) is 15.7 Å². The summed E-state index contributed by atoms with van der Waals surface area (Å²) in [6.07, 6.45) is 7.65. The fourth-order valence-electron chi connectivity index (χ4n) is 4.94. The minimum atomic E-state index is -0.588. The molecule has 1 aromatic rings. The molecular weight excluding hydrogens is 464 g/mol. The van der Waals surface area contributed by atoms with Gasteiger partial charge >= 0.3 is 0 Å². The number of fused-ring (bicyclic) bond motifs is 2. The van der Waals surface area contributed by atoms with Crippen LogP contribution in [0.15, 0.2) is 42.1 Å². The number of hydrogen-bond acceptors (Lipinski definition) is 8. The maximum absolute atomic E-state index is 13.3. The number of anilines is 1. The summed E-state index contributed by atoms with van der Waals surface area (Å²) in [4.78, 5) is 46.7. The number of amides is 3. The molecule has 36 heavy (non-hydrogen) atoms. The number of hydrazine groups is 1. The highest BCUT2D eigenvalue weighted by atomic mass is 16.5. The van der Waals surface area contributed by atoms with E-state index in [1.165, 1.54) is 11.1 Å². The summed E-state index contributed by atoms with van der Waals surface area (Å²) in [7, 11) is 0. The molecule has 1 aromatic heterocycles. The highest BCUT2D eigenvalue weighted by molar-refractivity contribution is 6.19. The average molecular weight is 497 g/mol. The average Bonchev–Trinajstić information content (AvgIpc) is 3.60. The predicted octanol–water partition coefficient (Wildman–Crippen LogP) is 1.06. The van der Waals surface area contributed by atoms with Gasteiger partial charge in [0.05, 0.1) is 12.7 Å². The highest BCUT2D eigenvalue weighted by Crippen LogP contribution is 2.36. The van der Waals surface area contributed by atoms with Crippen LogP contribution in [0.2, 0.25) is 0 Å². The number of nitrogens with zero attached hydrogens (tertiary/aromatic N) is 4. The standard InChI is InChI=1S/C25H32N6O5/c1-14(2)13-30-23-17(6-7-20(32)29-10-11-36-19-8-9-26-12-18(19)29)15(3)28-31(23)25(35)21(24(30)34)22(33)27-16-4-5-16/h6-9,12,14-17,23,28,34H,4-5,10-11,13H2,1-3H3,(H,27,33)/b7-6+. The number of hydrogen-bond donors (Lipinski definition) is 3. The third-order valence-electron chi connectivity index (χ3n) is 6.83. The van der Waals surface area contributed by atoms with Crippen molar-refractivity contribution in [3.63, 3.8) is 0 Å². The lowest BCUT2D eigenvalue weighted by Gasteiger charge is -2.42. The number of ether oxygens (including phenoxy) is 1. The summed E-state index contributed by atoms with van der Waals surface area (Å²) < 4.78 is 5.62. The van der Waals surface area contributed by atoms with E-state index in [0.29, 0.717) is 31.1 Å². The molecular formula is C25H32N6O5. The zero-order valence-electron chi connectivity index (χ0n) is 20.7. The molecule has 11 heteroatoms. The molecule has 4 heterocycles. The first-order valence-corrected chi connectivity index (χ1v) is 12.4. The minimum absolute atomic E-state index is 0.0505. The fraction of sp³-hybridized carbons (Fsp3) is 0.520. The maximum Gasteiger partial charge on any atom is 0.280 e. The van der Waals surface area contributed by atoms with Crippen molar-refractivity contribution in [3.05, 3.63) is 42.1 Å². The third-order valence-corrected chi connectivity index (χ3v) is 6.83. The number of nitrogens with one attached hydrogen (secondary N) is 2. The number of aliphatic hydroxyl groups excluding tert-OH is 1. The number of pyridine rings is 1. The van der Waals surface area contributed by atoms with Gasteiger partial charge in [0, 0.05) is 36.8 Å². The van der Waals surface area contributed by atoms with Gasteiger partial charge in [0.25, 0.3) is 17.7 Å². The van der Waals surface area contributed by atoms with E-state index >= 15 is 0 Å². The van der Waals surface area contributed by atoms with Crippen molar-refractivity contribution in [1.29, 1.82) is 0 Å². The van der Waals surface area contributed by atoms with Gasteiger partial charge in [0.15, 0.2) is 5.57 Å². The Kier molecular flexibility index (Phi) is 6.33. The second-order valence-electron chi connectivity index (χ2n) is 10.1. The van der Waals surface area contributed by atoms with Crippen molar-refractivity contribution >= 4 is 23.4 Å². The van der Waals surface area contributed by atoms with Gasteiger partial charge in [-0.3, -0.25) is 19.4 Å². The van der Waals surface area contributed by atoms with Crippen LogP contribution in [0.4, 0.5) is 5.69 Å². The zero-order chi connectivity index (χ0) is 25.6. The molecule has 0 bridgehead atoms. The van der Waals surface area contributed by atoms with Crippen molar-refractivity contribution in [3.8, 4) is 5.75 Å². The molecule has 3 unspecified atom stereocenters. The number of aliphatic hydroxyl groups is 1. The lowest BCUT2D eigenvalue weighted by molar-refractivity contribution is -0.142. The first kappa shape index (κ1) is 24.1. The van der Waals surface area contributed by atoms with Crippen molar-refractivity contribution < 1.29 is 24.2 Å². The topological polar surface area (TPSA) is 127 Å². The summed E-state index contributed by atoms with van der Waals surface area (Å²) in [6, 6.07) is 1.55. The predicted molar refractivity (Wildman–Crippen MR) is 130 cm³/mol. The number of rotatable bonds is 6. The van der Waals surface area contributed by atoms with Crippen molar-refractivity contribution in [2.24, 2.45) is 11.8 Å². The maximum atomic E-state index is 13.3. The molecule has 3 aliphatic heterocycles. The Labute approximate surface area is 209 Å². The monoisotopic (exact) mass is 496 g/mol. The van der Waals surface area contributed by atoms with Gasteiger partial charge in [-0.25, -0.2) is 10.4 Å². The first-order valence-electron chi connectivity index (χ1n) is 12.4. The SMILES string of the molecule is CC(C)CN1C(O)=C(C(=O)NC2CC2)C(=O)N2NC(C)C(/C=C/C(=O)N3CCOc4ccncc43)C12. The Hall–Kier alpha value is -3.60. The van der Waals surface area contributed by atoms with Crippen molar-refractivity contribution in [2.45, 2.75) is 51.9 Å². The van der Waals surface area contributed by atoms with Crippen LogP contribution in [0.25, 0.3) is 0 Å². The van der Waals surface area contributed by atoms with Gasteiger partial charge in [-0.05, 0) is 31.8 Å². The Bertz CT molecular complexity index is 1130. The summed E-state index contributed by atoms with van der Waals surface area (Å²) in [5, 5.41) is 15.4. The van der Waals surface area contributed by atoms with Gasteiger partial charge in [-0.1, -0.05) is 19.9 Å². The largest absolute Gasteiger partial charge is 0.494 e. The van der Waals surface area contributed by atoms with Gasteiger partial charge in [0.1, 0.15) is 24.2 Å². The molecule has 0 spiro atoms. The fourth-order valence-corrected chi connectivity index (χ4v) is 4.94. The van der Waals surface area contributed by atoms with Gasteiger partial charge in [-0.2, -0.15) is 0 Å². The lowest BCUT2D eigenvalue weighted by Crippen LogP contribution is -2.59. The summed E-state index contributed by atoms with van der Waals surface area (Å²) >= 11 is 0. The second-order valence-corrected chi connectivity index (χ2v) is 10.1. The van der Waals surface area contributed by atoms with E-state index in [0.717, 1.165) is 12.8 Å². The molecule has 3 amide bonds. The molecule has 5 rings (SSSR count). The van der Waals surface area contributed by atoms with Crippen LogP contribution < -0.4 is 20.4 Å². The number of carbonyl (C=O) groups is 3. The molecule has 11 nitrogen and oxygen atoms in total. The Balaban J connectivity index is 1.42. The van der Waals surface area contributed by atoms with E-state index < -0.39 is 18.0 Å². The quantitative estimate of drug-likeness (QED) is 0.394. The normalized spacial score (nSPS) is 25.8. The molecule has 1 saturated carbocycles. The Morgan fingerprint density at radius 3 is 2.86 bits per heavy atom. The molecule has 3 atom stereocenters. The summed E-state index contributed by atoms with van der Waals surface area (Å²) in [5.74, 6) is -1.24. The Morgan fingerprint density at radius 1 is 1.36 bits per heavy atom. The van der Waals surface area contributed by atoms with Gasteiger partial charge in [-0.15, -0.1) is 0 Å². The second kappa shape index (κ2) is 9.45. The van der Waals surface area contributed by atoms with Gasteiger partial charge in [0.2, 0.25) is 5.88 Å². The molecule has 1 saturated heterocycles. The minimum Gasteiger partial charge on any atom is -0.494 e. The summed E-state index contributed by atoms with van der Waals surface area (Å²) in [5.41, 5.74) is 3.52. The molecule has 0 radical (unpaired) electrons. The first-order chi connectivity index (χ1) is 17.3. The van der Waals surface area contributed by atoms with Crippen LogP contribution in [0.3, 0.4) is 0 Å². The molecule has 2 fully saturated rings. The van der Waals surface area contributed by atoms with Crippen LogP contribution >= 0.6 is 0 Å². The van der Waals surface area contributed by atoms with Crippen LogP contribution in [-0.4, -0.2) is 75.7 Å². The number of carbonyl (C=O) groups excluding carboxylic acids is 3. The van der Waals surface area contributed by atoms with Crippen molar-refractivity contribution in [1.82, 2.24) is 25.6 Å².